The minimum Gasteiger partial charge on any atom is -0.295 e. The summed E-state index contributed by atoms with van der Waals surface area (Å²) in [6, 6.07) is 9.23. The average Bonchev–Trinajstić information content (AvgIpc) is 2.10. The van der Waals surface area contributed by atoms with Crippen LogP contribution >= 0.6 is 0 Å². The molecule has 0 aliphatic carbocycles. The van der Waals surface area contributed by atoms with Gasteiger partial charge in [-0.05, 0) is 6.92 Å². The number of carbonyl (C=O) groups excluding carboxylic acids is 1. The fourth-order valence-electron chi connectivity index (χ4n) is 0.673. The molecule has 1 aromatic rings. The van der Waals surface area contributed by atoms with Crippen molar-refractivity contribution < 1.29 is 4.79 Å². The third-order valence-corrected chi connectivity index (χ3v) is 1.18. The molecule has 0 atom stereocenters. The second-order valence-electron chi connectivity index (χ2n) is 1.92. The third kappa shape index (κ3) is 3.11. The Labute approximate surface area is 65.1 Å². The lowest BCUT2D eigenvalue weighted by atomic mass is 10.2. The van der Waals surface area contributed by atoms with Crippen molar-refractivity contribution in [3.05, 3.63) is 35.9 Å². The van der Waals surface area contributed by atoms with E-state index in [2.05, 4.69) is 0 Å². The first kappa shape index (κ1) is 9.31. The van der Waals surface area contributed by atoms with E-state index in [-0.39, 0.29) is 5.78 Å². The minimum absolute atomic E-state index is 0.121. The van der Waals surface area contributed by atoms with Gasteiger partial charge in [-0.15, -0.1) is 0 Å². The molecule has 0 aliphatic rings. The Balaban J connectivity index is 0.000000461. The summed E-state index contributed by atoms with van der Waals surface area (Å²) < 4.78 is 0. The molecule has 0 aliphatic heterocycles. The van der Waals surface area contributed by atoms with Crippen molar-refractivity contribution in [2.45, 2.75) is 6.92 Å². The van der Waals surface area contributed by atoms with Crippen LogP contribution in [0.3, 0.4) is 0 Å². The van der Waals surface area contributed by atoms with Crippen LogP contribution < -0.4 is 0 Å². The minimum atomic E-state index is 0.121. The van der Waals surface area contributed by atoms with Crippen molar-refractivity contribution in [2.75, 3.05) is 0 Å². The molecule has 0 aromatic heterocycles. The van der Waals surface area contributed by atoms with Gasteiger partial charge in [-0.25, -0.2) is 0 Å². The normalized spacial score (nSPS) is 7.55. The second-order valence-corrected chi connectivity index (χ2v) is 1.92. The summed E-state index contributed by atoms with van der Waals surface area (Å²) in [5.41, 5.74) is 0.775. The first-order valence-corrected chi connectivity index (χ1v) is 3.06. The zero-order valence-electron chi connectivity index (χ0n) is 6.19. The van der Waals surface area contributed by atoms with E-state index < -0.39 is 0 Å². The highest BCUT2D eigenvalue weighted by molar-refractivity contribution is 5.93. The highest BCUT2D eigenvalue weighted by atomic mass is 16.1. The number of hydrogen-bond donors (Lipinski definition) is 0. The van der Waals surface area contributed by atoms with Crippen molar-refractivity contribution in [3.8, 4) is 0 Å². The summed E-state index contributed by atoms with van der Waals surface area (Å²) in [4.78, 5) is 10.6. The Hall–Kier alpha value is -1.69. The summed E-state index contributed by atoms with van der Waals surface area (Å²) in [5, 5.41) is 12.0. The molecule has 0 radical (unpaired) electrons. The number of benzene rings is 1. The molecular weight excluding hydrogens is 140 g/mol. The van der Waals surface area contributed by atoms with Crippen LogP contribution in [0.15, 0.2) is 30.3 Å². The molecule has 0 bridgehead atoms. The summed E-state index contributed by atoms with van der Waals surface area (Å²) >= 11 is 0. The largest absolute Gasteiger partial charge is 0.295 e. The highest BCUT2D eigenvalue weighted by Crippen LogP contribution is 1.97. The molecule has 0 saturated heterocycles. The zero-order valence-corrected chi connectivity index (χ0v) is 6.19. The molecule has 0 fully saturated rings. The molecule has 0 N–H and O–H groups in total. The van der Waals surface area contributed by atoms with E-state index in [1.165, 1.54) is 0 Å². The molecule has 0 saturated carbocycles. The van der Waals surface area contributed by atoms with Crippen LogP contribution in [0.25, 0.3) is 0 Å². The van der Waals surface area contributed by atoms with Gasteiger partial charge >= 0.3 is 0 Å². The average molecular weight is 148 g/mol. The van der Waals surface area contributed by atoms with Gasteiger partial charge in [0, 0.05) is 16.3 Å². The number of carbonyl (C=O) groups is 1. The molecule has 0 heterocycles. The van der Waals surface area contributed by atoms with Gasteiger partial charge in [-0.2, -0.15) is 0 Å². The maximum absolute atomic E-state index is 10.6. The van der Waals surface area contributed by atoms with E-state index in [1.807, 2.05) is 30.3 Å². The van der Waals surface area contributed by atoms with Gasteiger partial charge in [-0.1, -0.05) is 30.3 Å². The zero-order chi connectivity index (χ0) is 8.69. The quantitative estimate of drug-likeness (QED) is 0.451. The van der Waals surface area contributed by atoms with E-state index in [0.29, 0.717) is 0 Å². The van der Waals surface area contributed by atoms with Crippen molar-refractivity contribution in [1.82, 2.24) is 0 Å². The smallest absolute Gasteiger partial charge is 0.159 e. The van der Waals surface area contributed by atoms with Gasteiger partial charge in [0.1, 0.15) is 0 Å². The summed E-state index contributed by atoms with van der Waals surface area (Å²) in [6.07, 6.45) is 0. The Morgan fingerprint density at radius 3 is 1.91 bits per heavy atom. The van der Waals surface area contributed by atoms with Gasteiger partial charge in [0.15, 0.2) is 5.78 Å². The highest BCUT2D eigenvalue weighted by Gasteiger charge is 1.92. The van der Waals surface area contributed by atoms with Gasteiger partial charge in [0.25, 0.3) is 0 Å². The Bertz CT molecular complexity index is 241. The van der Waals surface area contributed by atoms with Crippen LogP contribution in [0.2, 0.25) is 0 Å². The fraction of sp³-hybridized carbons (Fsp3) is 0.125. The molecule has 56 valence electrons. The molecule has 3 nitrogen and oxygen atoms in total. The predicted molar refractivity (Wildman–Crippen MR) is 39.9 cm³/mol. The van der Waals surface area contributed by atoms with Crippen LogP contribution in [-0.4, -0.2) is 5.78 Å². The molecule has 11 heavy (non-hydrogen) atoms. The fourth-order valence-corrected chi connectivity index (χ4v) is 0.673. The summed E-state index contributed by atoms with van der Waals surface area (Å²) in [6.45, 7) is 1.56. The van der Waals surface area contributed by atoms with Gasteiger partial charge < -0.3 is 0 Å². The lowest BCUT2D eigenvalue weighted by Gasteiger charge is -1.89. The Morgan fingerprint density at radius 2 is 1.64 bits per heavy atom. The van der Waals surface area contributed by atoms with Crippen molar-refractivity contribution in [1.29, 1.82) is 10.8 Å². The van der Waals surface area contributed by atoms with E-state index in [1.54, 1.807) is 6.92 Å². The SMILES string of the molecule is CC(=O)c1ccccc1.N#N. The molecule has 3 heteroatoms. The first-order chi connectivity index (χ1) is 5.30. The number of ketones is 1. The number of nitrogens with zero attached hydrogens (tertiary/aromatic N) is 2. The van der Waals surface area contributed by atoms with Crippen LogP contribution in [0.5, 0.6) is 0 Å². The third-order valence-electron chi connectivity index (χ3n) is 1.18. The maximum Gasteiger partial charge on any atom is 0.159 e. The topological polar surface area (TPSA) is 64.7 Å². The Morgan fingerprint density at radius 1 is 1.18 bits per heavy atom. The predicted octanol–water partition coefficient (Wildman–Crippen LogP) is 1.92. The van der Waals surface area contributed by atoms with Gasteiger partial charge in [0.05, 0.1) is 0 Å². The molecule has 0 unspecified atom stereocenters. The molecule has 1 rings (SSSR count). The maximum atomic E-state index is 10.6. The Kier molecular flexibility index (Phi) is 4.34. The van der Waals surface area contributed by atoms with Crippen LogP contribution in [0.1, 0.15) is 17.3 Å². The summed E-state index contributed by atoms with van der Waals surface area (Å²) in [5.74, 6) is 0.121. The lowest BCUT2D eigenvalue weighted by Crippen LogP contribution is -1.88. The molecule has 0 spiro atoms. The van der Waals surface area contributed by atoms with Crippen LogP contribution in [0, 0.1) is 10.8 Å². The lowest BCUT2D eigenvalue weighted by molar-refractivity contribution is 0.101. The first-order valence-electron chi connectivity index (χ1n) is 3.06. The molecular formula is C8H8N2O. The van der Waals surface area contributed by atoms with Crippen molar-refractivity contribution in [3.63, 3.8) is 0 Å². The van der Waals surface area contributed by atoms with E-state index in [9.17, 15) is 4.79 Å². The monoisotopic (exact) mass is 148 g/mol. The van der Waals surface area contributed by atoms with Gasteiger partial charge in [0.2, 0.25) is 0 Å². The van der Waals surface area contributed by atoms with Crippen LogP contribution in [-0.2, 0) is 0 Å². The standard InChI is InChI=1S/C8H8O.N2/c1-7(9)8-5-3-2-4-6-8;1-2/h2-6H,1H3;. The van der Waals surface area contributed by atoms with Crippen molar-refractivity contribution >= 4 is 5.78 Å². The van der Waals surface area contributed by atoms with E-state index in [0.717, 1.165) is 5.56 Å². The van der Waals surface area contributed by atoms with E-state index >= 15 is 0 Å². The van der Waals surface area contributed by atoms with Crippen molar-refractivity contribution in [2.24, 2.45) is 0 Å². The number of Topliss-reactive ketones (excluding diaryl/α,β-unsaturated/α-hetero) is 1. The number of rotatable bonds is 1. The van der Waals surface area contributed by atoms with Gasteiger partial charge in [-0.3, -0.25) is 4.79 Å². The number of hydrogen-bond acceptors (Lipinski definition) is 3. The second kappa shape index (κ2) is 5.12. The van der Waals surface area contributed by atoms with E-state index in [4.69, 9.17) is 10.8 Å². The summed E-state index contributed by atoms with van der Waals surface area (Å²) in [7, 11) is 0. The van der Waals surface area contributed by atoms with Crippen LogP contribution in [0.4, 0.5) is 0 Å². The molecule has 1 aromatic carbocycles. The molecule has 0 amide bonds.